The van der Waals surface area contributed by atoms with E-state index < -0.39 is 11.0 Å². The molecule has 6 nitrogen and oxygen atoms in total. The maximum absolute atomic E-state index is 11.8. The zero-order valence-corrected chi connectivity index (χ0v) is 10.0. The average Bonchev–Trinajstić information content (AvgIpc) is 2.85. The highest BCUT2D eigenvalue weighted by Gasteiger charge is 2.24. The van der Waals surface area contributed by atoms with Gasteiger partial charge in [0.2, 0.25) is 0 Å². The summed E-state index contributed by atoms with van der Waals surface area (Å²) in [4.78, 5) is 22.0. The Bertz CT molecular complexity index is 481. The summed E-state index contributed by atoms with van der Waals surface area (Å²) in [7, 11) is 0. The van der Waals surface area contributed by atoms with Crippen LogP contribution in [0.4, 0.5) is 11.4 Å². The quantitative estimate of drug-likeness (QED) is 0.657. The first-order chi connectivity index (χ1) is 8.58. The van der Waals surface area contributed by atoms with Crippen LogP contribution in [0.1, 0.15) is 18.4 Å². The number of amides is 1. The van der Waals surface area contributed by atoms with Gasteiger partial charge >= 0.3 is 0 Å². The summed E-state index contributed by atoms with van der Waals surface area (Å²) in [5.74, 6) is -0.240. The molecule has 1 aliphatic rings. The van der Waals surface area contributed by atoms with E-state index in [9.17, 15) is 14.9 Å². The minimum Gasteiger partial charge on any atom is -0.368 e. The first-order valence-corrected chi connectivity index (χ1v) is 5.75. The number of rotatable bonds is 3. The number of aryl methyl sites for hydroxylation is 1. The van der Waals surface area contributed by atoms with Crippen LogP contribution < -0.4 is 5.32 Å². The summed E-state index contributed by atoms with van der Waals surface area (Å²) in [5, 5.41) is 13.4. The lowest BCUT2D eigenvalue weighted by Gasteiger charge is -2.12. The van der Waals surface area contributed by atoms with E-state index in [4.69, 9.17) is 4.74 Å². The fourth-order valence-corrected chi connectivity index (χ4v) is 1.86. The van der Waals surface area contributed by atoms with Crippen LogP contribution in [0, 0.1) is 17.0 Å². The lowest BCUT2D eigenvalue weighted by atomic mass is 10.1. The second-order valence-electron chi connectivity index (χ2n) is 4.25. The predicted molar refractivity (Wildman–Crippen MR) is 65.4 cm³/mol. The monoisotopic (exact) mass is 250 g/mol. The molecule has 0 spiro atoms. The van der Waals surface area contributed by atoms with Crippen LogP contribution in [-0.4, -0.2) is 23.5 Å². The average molecular weight is 250 g/mol. The minimum absolute atomic E-state index is 0.0387. The lowest BCUT2D eigenvalue weighted by molar-refractivity contribution is -0.384. The molecule has 1 amide bonds. The van der Waals surface area contributed by atoms with Crippen molar-refractivity contribution in [3.63, 3.8) is 0 Å². The number of benzene rings is 1. The molecule has 1 aromatic rings. The number of anilines is 1. The molecule has 0 unspecified atom stereocenters. The Hall–Kier alpha value is -1.95. The first kappa shape index (κ1) is 12.5. The van der Waals surface area contributed by atoms with Crippen LogP contribution in [0.3, 0.4) is 0 Å². The molecule has 96 valence electrons. The van der Waals surface area contributed by atoms with E-state index in [1.807, 2.05) is 0 Å². The number of ether oxygens (including phenoxy) is 1. The number of hydrogen-bond donors (Lipinski definition) is 1. The van der Waals surface area contributed by atoms with Gasteiger partial charge in [-0.2, -0.15) is 0 Å². The Morgan fingerprint density at radius 3 is 2.94 bits per heavy atom. The molecule has 1 N–H and O–H groups in total. The van der Waals surface area contributed by atoms with E-state index >= 15 is 0 Å². The van der Waals surface area contributed by atoms with Gasteiger partial charge in [-0.3, -0.25) is 14.9 Å². The molecule has 1 aliphatic heterocycles. The van der Waals surface area contributed by atoms with Crippen LogP contribution >= 0.6 is 0 Å². The van der Waals surface area contributed by atoms with E-state index in [1.165, 1.54) is 12.1 Å². The molecule has 6 heteroatoms. The van der Waals surface area contributed by atoms with E-state index in [1.54, 1.807) is 13.0 Å². The van der Waals surface area contributed by atoms with E-state index in [0.717, 1.165) is 12.0 Å². The third kappa shape index (κ3) is 2.65. The van der Waals surface area contributed by atoms with E-state index in [-0.39, 0.29) is 11.6 Å². The van der Waals surface area contributed by atoms with Gasteiger partial charge in [0.25, 0.3) is 11.6 Å². The molecule has 0 saturated carbocycles. The summed E-state index contributed by atoms with van der Waals surface area (Å²) >= 11 is 0. The zero-order valence-electron chi connectivity index (χ0n) is 10.0. The molecule has 0 aliphatic carbocycles. The van der Waals surface area contributed by atoms with Crippen LogP contribution in [0.2, 0.25) is 0 Å². The lowest BCUT2D eigenvalue weighted by Crippen LogP contribution is -2.27. The molecular weight excluding hydrogens is 236 g/mol. The highest BCUT2D eigenvalue weighted by molar-refractivity contribution is 5.95. The van der Waals surface area contributed by atoms with Gasteiger partial charge in [-0.25, -0.2) is 0 Å². The summed E-state index contributed by atoms with van der Waals surface area (Å²) in [6, 6.07) is 4.39. The van der Waals surface area contributed by atoms with Crippen molar-refractivity contribution in [2.75, 3.05) is 11.9 Å². The SMILES string of the molecule is Cc1ccc([N+](=O)[O-])cc1NC(=O)[C@@H]1CCCO1. The largest absolute Gasteiger partial charge is 0.368 e. The number of hydrogen-bond acceptors (Lipinski definition) is 4. The molecule has 0 bridgehead atoms. The fraction of sp³-hybridized carbons (Fsp3) is 0.417. The molecule has 1 heterocycles. The van der Waals surface area contributed by atoms with Gasteiger partial charge in [-0.05, 0) is 25.3 Å². The molecular formula is C12H14N2O4. The maximum atomic E-state index is 11.8. The number of carbonyl (C=O) groups is 1. The standard InChI is InChI=1S/C12H14N2O4/c1-8-4-5-9(14(16)17)7-10(8)13-12(15)11-3-2-6-18-11/h4-5,7,11H,2-3,6H2,1H3,(H,13,15)/t11-/m0/s1. The van der Waals surface area contributed by atoms with Gasteiger partial charge in [-0.15, -0.1) is 0 Å². The fourth-order valence-electron chi connectivity index (χ4n) is 1.86. The second kappa shape index (κ2) is 5.14. The van der Waals surface area contributed by atoms with Crippen LogP contribution in [0.25, 0.3) is 0 Å². The van der Waals surface area contributed by atoms with Crippen molar-refractivity contribution in [2.45, 2.75) is 25.9 Å². The van der Waals surface area contributed by atoms with Gasteiger partial charge < -0.3 is 10.1 Å². The van der Waals surface area contributed by atoms with Gasteiger partial charge in [0, 0.05) is 18.7 Å². The van der Waals surface area contributed by atoms with E-state index in [0.29, 0.717) is 18.7 Å². The number of nitro groups is 1. The van der Waals surface area contributed by atoms with Crippen molar-refractivity contribution < 1.29 is 14.5 Å². The summed E-state index contributed by atoms with van der Waals surface area (Å²) in [5.41, 5.74) is 1.21. The molecule has 0 radical (unpaired) electrons. The third-order valence-corrected chi connectivity index (χ3v) is 2.91. The van der Waals surface area contributed by atoms with Crippen molar-refractivity contribution in [3.05, 3.63) is 33.9 Å². The van der Waals surface area contributed by atoms with Gasteiger partial charge in [0.05, 0.1) is 10.6 Å². The minimum atomic E-state index is -0.485. The molecule has 1 saturated heterocycles. The number of nitro benzene ring substituents is 1. The molecule has 1 atom stereocenters. The van der Waals surface area contributed by atoms with Gasteiger partial charge in [0.15, 0.2) is 0 Å². The Balaban J connectivity index is 2.14. The molecule has 1 aromatic carbocycles. The molecule has 2 rings (SSSR count). The highest BCUT2D eigenvalue weighted by Crippen LogP contribution is 2.23. The normalized spacial score (nSPS) is 18.6. The predicted octanol–water partition coefficient (Wildman–Crippen LogP) is 2.02. The summed E-state index contributed by atoms with van der Waals surface area (Å²) < 4.78 is 5.26. The topological polar surface area (TPSA) is 81.5 Å². The van der Waals surface area contributed by atoms with Crippen LogP contribution in [0.5, 0.6) is 0 Å². The Morgan fingerprint density at radius 1 is 1.56 bits per heavy atom. The Kier molecular flexibility index (Phi) is 3.57. The van der Waals surface area contributed by atoms with Crippen molar-refractivity contribution in [3.8, 4) is 0 Å². The van der Waals surface area contributed by atoms with E-state index in [2.05, 4.69) is 5.32 Å². The number of nitrogens with zero attached hydrogens (tertiary/aromatic N) is 1. The summed E-state index contributed by atoms with van der Waals surface area (Å²) in [6.07, 6.45) is 1.12. The van der Waals surface area contributed by atoms with Gasteiger partial charge in [0.1, 0.15) is 6.10 Å². The first-order valence-electron chi connectivity index (χ1n) is 5.75. The van der Waals surface area contributed by atoms with Crippen molar-refractivity contribution in [1.82, 2.24) is 0 Å². The smallest absolute Gasteiger partial charge is 0.271 e. The maximum Gasteiger partial charge on any atom is 0.271 e. The molecule has 1 fully saturated rings. The molecule has 18 heavy (non-hydrogen) atoms. The third-order valence-electron chi connectivity index (χ3n) is 2.91. The van der Waals surface area contributed by atoms with Crippen molar-refractivity contribution in [2.24, 2.45) is 0 Å². The van der Waals surface area contributed by atoms with Crippen molar-refractivity contribution in [1.29, 1.82) is 0 Å². The number of carbonyl (C=O) groups excluding carboxylic acids is 1. The van der Waals surface area contributed by atoms with Crippen LogP contribution in [0.15, 0.2) is 18.2 Å². The number of non-ortho nitro benzene ring substituents is 1. The number of nitrogens with one attached hydrogen (secondary N) is 1. The molecule has 0 aromatic heterocycles. The summed E-state index contributed by atoms with van der Waals surface area (Å²) in [6.45, 7) is 2.38. The van der Waals surface area contributed by atoms with Crippen LogP contribution in [-0.2, 0) is 9.53 Å². The Labute approximate surface area is 104 Å². The second-order valence-corrected chi connectivity index (χ2v) is 4.25. The Morgan fingerprint density at radius 2 is 2.33 bits per heavy atom. The zero-order chi connectivity index (χ0) is 13.1. The highest BCUT2D eigenvalue weighted by atomic mass is 16.6. The van der Waals surface area contributed by atoms with Crippen molar-refractivity contribution >= 4 is 17.3 Å². The van der Waals surface area contributed by atoms with Gasteiger partial charge in [-0.1, -0.05) is 6.07 Å².